The summed E-state index contributed by atoms with van der Waals surface area (Å²) in [5, 5.41) is 3.66. The Balaban J connectivity index is 1.78. The van der Waals surface area contributed by atoms with Gasteiger partial charge in [-0.15, -0.1) is 0 Å². The summed E-state index contributed by atoms with van der Waals surface area (Å²) < 4.78 is 18.9. The van der Waals surface area contributed by atoms with Crippen LogP contribution in [0.25, 0.3) is 10.9 Å². The number of nitrogens with one attached hydrogen (secondary N) is 1. The predicted octanol–water partition coefficient (Wildman–Crippen LogP) is 4.51. The second-order valence-corrected chi connectivity index (χ2v) is 6.44. The van der Waals surface area contributed by atoms with Gasteiger partial charge in [-0.2, -0.15) is 0 Å². The van der Waals surface area contributed by atoms with Gasteiger partial charge < -0.3 is 10.1 Å². The van der Waals surface area contributed by atoms with Crippen molar-refractivity contribution in [1.29, 1.82) is 0 Å². The molecule has 1 aliphatic carbocycles. The van der Waals surface area contributed by atoms with Crippen LogP contribution in [0, 0.1) is 5.82 Å². The molecule has 0 saturated carbocycles. The molecule has 1 aliphatic rings. The number of carbonyl (C=O) groups excluding carboxylic acids is 1. The summed E-state index contributed by atoms with van der Waals surface area (Å²) in [7, 11) is 1.41. The average molecular weight is 350 g/mol. The van der Waals surface area contributed by atoms with Crippen LogP contribution >= 0.6 is 0 Å². The van der Waals surface area contributed by atoms with E-state index in [1.54, 1.807) is 6.07 Å². The lowest BCUT2D eigenvalue weighted by Crippen LogP contribution is -2.19. The van der Waals surface area contributed by atoms with Gasteiger partial charge in [-0.25, -0.2) is 4.39 Å². The minimum Gasteiger partial charge on any atom is -0.494 e. The van der Waals surface area contributed by atoms with E-state index in [-0.39, 0.29) is 11.7 Å². The lowest BCUT2D eigenvalue weighted by Gasteiger charge is -2.20. The molecule has 1 amide bonds. The van der Waals surface area contributed by atoms with Gasteiger partial charge in [0.1, 0.15) is 0 Å². The largest absolute Gasteiger partial charge is 0.494 e. The molecule has 1 aromatic heterocycles. The molecule has 0 unspecified atom stereocenters. The number of para-hydroxylation sites is 1. The maximum atomic E-state index is 13.9. The lowest BCUT2D eigenvalue weighted by atomic mass is 9.89. The quantitative estimate of drug-likeness (QED) is 0.756. The van der Waals surface area contributed by atoms with Gasteiger partial charge in [-0.3, -0.25) is 9.78 Å². The van der Waals surface area contributed by atoms with Gasteiger partial charge >= 0.3 is 0 Å². The molecule has 0 saturated heterocycles. The number of ether oxygens (including phenoxy) is 1. The number of aryl methyl sites for hydroxylation is 1. The highest BCUT2D eigenvalue weighted by molar-refractivity contribution is 6.13. The number of fused-ring (bicyclic) bond motifs is 2. The van der Waals surface area contributed by atoms with Crippen molar-refractivity contribution < 1.29 is 13.9 Å². The molecule has 3 aromatic rings. The van der Waals surface area contributed by atoms with E-state index in [0.717, 1.165) is 47.8 Å². The molecule has 5 heteroatoms. The first kappa shape index (κ1) is 16.5. The van der Waals surface area contributed by atoms with Gasteiger partial charge in [0, 0.05) is 22.8 Å². The third-order valence-corrected chi connectivity index (χ3v) is 4.81. The molecule has 1 heterocycles. The van der Waals surface area contributed by atoms with Gasteiger partial charge in [0.25, 0.3) is 5.91 Å². The monoisotopic (exact) mass is 350 g/mol. The minimum atomic E-state index is -0.507. The topological polar surface area (TPSA) is 51.2 Å². The third-order valence-electron chi connectivity index (χ3n) is 4.81. The first-order chi connectivity index (χ1) is 12.7. The molecule has 4 rings (SSSR count). The first-order valence-corrected chi connectivity index (χ1v) is 8.73. The van der Waals surface area contributed by atoms with Crippen molar-refractivity contribution in [3.63, 3.8) is 0 Å². The highest BCUT2D eigenvalue weighted by Gasteiger charge is 2.22. The number of anilines is 1. The minimum absolute atomic E-state index is 0.148. The fraction of sp³-hybridized carbons (Fsp3) is 0.238. The fourth-order valence-corrected chi connectivity index (χ4v) is 3.57. The van der Waals surface area contributed by atoms with Crippen molar-refractivity contribution in [2.75, 3.05) is 12.4 Å². The molecule has 0 radical (unpaired) electrons. The summed E-state index contributed by atoms with van der Waals surface area (Å²) in [6, 6.07) is 12.1. The van der Waals surface area contributed by atoms with Crippen molar-refractivity contribution in [3.05, 3.63) is 65.1 Å². The summed E-state index contributed by atoms with van der Waals surface area (Å²) in [6.07, 6.45) is 3.86. The molecule has 0 aliphatic heterocycles. The molecule has 2 aromatic carbocycles. The maximum Gasteiger partial charge on any atom is 0.256 e. The molecule has 1 N–H and O–H groups in total. The van der Waals surface area contributed by atoms with Gasteiger partial charge in [-0.05, 0) is 49.4 Å². The molecule has 0 bridgehead atoms. The first-order valence-electron chi connectivity index (χ1n) is 8.73. The summed E-state index contributed by atoms with van der Waals surface area (Å²) in [6.45, 7) is 0. The number of nitrogens with zero attached hydrogens (tertiary/aromatic N) is 1. The van der Waals surface area contributed by atoms with E-state index < -0.39 is 5.82 Å². The van der Waals surface area contributed by atoms with Crippen molar-refractivity contribution in [3.8, 4) is 5.75 Å². The van der Waals surface area contributed by atoms with E-state index in [0.29, 0.717) is 11.3 Å². The van der Waals surface area contributed by atoms with E-state index in [1.807, 2.05) is 24.3 Å². The molecule has 0 atom stereocenters. The Bertz CT molecular complexity index is 1000. The van der Waals surface area contributed by atoms with Crippen molar-refractivity contribution in [2.24, 2.45) is 0 Å². The predicted molar refractivity (Wildman–Crippen MR) is 99.3 cm³/mol. The van der Waals surface area contributed by atoms with Crippen molar-refractivity contribution >= 4 is 22.5 Å². The average Bonchev–Trinajstić information content (AvgIpc) is 2.66. The molecule has 132 valence electrons. The Kier molecular flexibility index (Phi) is 4.29. The molecular formula is C21H19FN2O2. The standard InChI is InChI=1S/C21H19FN2O2/c1-26-19-11-10-13(12-16(19)22)23-21(25)20-14-6-2-4-8-17(14)24-18-9-5-3-7-15(18)20/h2,4,6,8,10-12H,3,5,7,9H2,1H3,(H,23,25). The number of pyridine rings is 1. The zero-order valence-electron chi connectivity index (χ0n) is 14.5. The van der Waals surface area contributed by atoms with Gasteiger partial charge in [0.15, 0.2) is 11.6 Å². The van der Waals surface area contributed by atoms with Crippen LogP contribution < -0.4 is 10.1 Å². The van der Waals surface area contributed by atoms with Gasteiger partial charge in [0.05, 0.1) is 18.2 Å². The Morgan fingerprint density at radius 2 is 1.96 bits per heavy atom. The van der Waals surface area contributed by atoms with Crippen LogP contribution in [0.4, 0.5) is 10.1 Å². The maximum absolute atomic E-state index is 13.9. The second kappa shape index (κ2) is 6.75. The van der Waals surface area contributed by atoms with Crippen LogP contribution in [0.5, 0.6) is 5.75 Å². The zero-order chi connectivity index (χ0) is 18.1. The van der Waals surface area contributed by atoms with Crippen LogP contribution in [-0.2, 0) is 12.8 Å². The molecule has 0 fully saturated rings. The normalized spacial score (nSPS) is 13.3. The van der Waals surface area contributed by atoms with E-state index in [9.17, 15) is 9.18 Å². The summed E-state index contributed by atoms with van der Waals surface area (Å²) >= 11 is 0. The highest BCUT2D eigenvalue weighted by Crippen LogP contribution is 2.30. The molecule has 4 nitrogen and oxygen atoms in total. The Morgan fingerprint density at radius 3 is 2.77 bits per heavy atom. The van der Waals surface area contributed by atoms with Crippen molar-refractivity contribution in [1.82, 2.24) is 4.98 Å². The number of amides is 1. The van der Waals surface area contributed by atoms with Gasteiger partial charge in [-0.1, -0.05) is 18.2 Å². The van der Waals surface area contributed by atoms with Crippen molar-refractivity contribution in [2.45, 2.75) is 25.7 Å². The number of hydrogen-bond donors (Lipinski definition) is 1. The second-order valence-electron chi connectivity index (χ2n) is 6.44. The van der Waals surface area contributed by atoms with E-state index >= 15 is 0 Å². The molecular weight excluding hydrogens is 331 g/mol. The Morgan fingerprint density at radius 1 is 1.15 bits per heavy atom. The zero-order valence-corrected chi connectivity index (χ0v) is 14.5. The van der Waals surface area contributed by atoms with Crippen LogP contribution in [0.1, 0.15) is 34.5 Å². The summed E-state index contributed by atoms with van der Waals surface area (Å²) in [5.41, 5.74) is 3.89. The Hall–Kier alpha value is -2.95. The SMILES string of the molecule is COc1ccc(NC(=O)c2c3c(nc4ccccc24)CCCC3)cc1F. The van der Waals surface area contributed by atoms with Gasteiger partial charge in [0.2, 0.25) is 0 Å². The Labute approximate surface area is 151 Å². The van der Waals surface area contributed by atoms with Crippen LogP contribution in [0.3, 0.4) is 0 Å². The summed E-state index contributed by atoms with van der Waals surface area (Å²) in [4.78, 5) is 17.8. The smallest absolute Gasteiger partial charge is 0.256 e. The van der Waals surface area contributed by atoms with Crippen LogP contribution in [0.15, 0.2) is 42.5 Å². The highest BCUT2D eigenvalue weighted by atomic mass is 19.1. The van der Waals surface area contributed by atoms with E-state index in [4.69, 9.17) is 9.72 Å². The number of methoxy groups -OCH3 is 1. The van der Waals surface area contributed by atoms with E-state index in [2.05, 4.69) is 5.32 Å². The van der Waals surface area contributed by atoms with Crippen LogP contribution in [0.2, 0.25) is 0 Å². The number of benzene rings is 2. The fourth-order valence-electron chi connectivity index (χ4n) is 3.57. The number of rotatable bonds is 3. The molecule has 26 heavy (non-hydrogen) atoms. The molecule has 0 spiro atoms. The van der Waals surface area contributed by atoms with E-state index in [1.165, 1.54) is 19.2 Å². The van der Waals surface area contributed by atoms with Crippen LogP contribution in [-0.4, -0.2) is 18.0 Å². The lowest BCUT2D eigenvalue weighted by molar-refractivity contribution is 0.102. The number of aromatic nitrogens is 1. The summed E-state index contributed by atoms with van der Waals surface area (Å²) in [5.74, 6) is -0.590. The number of halogens is 1. The third kappa shape index (κ3) is 2.90. The number of hydrogen-bond acceptors (Lipinski definition) is 3. The number of carbonyl (C=O) groups is 1.